The van der Waals surface area contributed by atoms with Crippen LogP contribution in [0.5, 0.6) is 0 Å². The Kier molecular flexibility index (Phi) is 4.64. The maximum absolute atomic E-state index is 11.7. The topological polar surface area (TPSA) is 118 Å². The van der Waals surface area contributed by atoms with Crippen LogP contribution in [0, 0.1) is 0 Å². The number of hydrogen-bond acceptors (Lipinski definition) is 6. The number of nitrogen functional groups attached to an aromatic ring is 1. The van der Waals surface area contributed by atoms with E-state index in [1.807, 2.05) is 12.3 Å². The van der Waals surface area contributed by atoms with E-state index in [1.54, 1.807) is 4.68 Å². The van der Waals surface area contributed by atoms with Crippen molar-refractivity contribution in [1.82, 2.24) is 30.6 Å². The number of hydrogen-bond donors (Lipinski definition) is 3. The molecule has 0 radical (unpaired) electrons. The molecule has 110 valence electrons. The Bertz CT molecular complexity index is 487. The number of carbonyl (C=O) groups excluding carboxylic acids is 2. The molecular formula is C11H19N7O2. The quantitative estimate of drug-likeness (QED) is 0.329. The fourth-order valence-corrected chi connectivity index (χ4v) is 2.29. The monoisotopic (exact) mass is 281 g/mol. The second kappa shape index (κ2) is 6.44. The van der Waals surface area contributed by atoms with Crippen molar-refractivity contribution in [2.45, 2.75) is 25.9 Å². The van der Waals surface area contributed by atoms with E-state index in [1.165, 1.54) is 6.20 Å². The number of aromatic nitrogens is 3. The molecule has 1 aromatic rings. The second-order valence-corrected chi connectivity index (χ2v) is 4.59. The van der Waals surface area contributed by atoms with Gasteiger partial charge in [-0.25, -0.2) is 5.84 Å². The van der Waals surface area contributed by atoms with Gasteiger partial charge in [0.1, 0.15) is 0 Å². The van der Waals surface area contributed by atoms with E-state index >= 15 is 0 Å². The highest BCUT2D eigenvalue weighted by molar-refractivity contribution is 5.91. The Morgan fingerprint density at radius 2 is 2.40 bits per heavy atom. The summed E-state index contributed by atoms with van der Waals surface area (Å²) in [4.78, 5) is 25.1. The summed E-state index contributed by atoms with van der Waals surface area (Å²) in [6.07, 6.45) is 2.30. The van der Waals surface area contributed by atoms with Crippen molar-refractivity contribution in [3.63, 3.8) is 0 Å². The zero-order valence-electron chi connectivity index (χ0n) is 11.4. The van der Waals surface area contributed by atoms with Gasteiger partial charge in [-0.05, 0) is 6.42 Å². The smallest absolute Gasteiger partial charge is 0.287 e. The molecule has 1 atom stereocenters. The third kappa shape index (κ3) is 3.11. The Morgan fingerprint density at radius 3 is 3.10 bits per heavy atom. The first-order chi connectivity index (χ1) is 9.65. The Balaban J connectivity index is 1.92. The van der Waals surface area contributed by atoms with Crippen LogP contribution in [0.15, 0.2) is 6.20 Å². The van der Waals surface area contributed by atoms with Gasteiger partial charge >= 0.3 is 0 Å². The van der Waals surface area contributed by atoms with E-state index in [9.17, 15) is 9.59 Å². The summed E-state index contributed by atoms with van der Waals surface area (Å²) in [6, 6.07) is -0.0981. The SMILES string of the molecule is CCC1C(=O)NCCN1CCn1cc(C(=O)NN)nn1. The molecule has 1 fully saturated rings. The molecule has 1 aromatic heterocycles. The minimum Gasteiger partial charge on any atom is -0.353 e. The summed E-state index contributed by atoms with van der Waals surface area (Å²) in [7, 11) is 0. The summed E-state index contributed by atoms with van der Waals surface area (Å²) in [5.74, 6) is 4.62. The van der Waals surface area contributed by atoms with Gasteiger partial charge in [-0.3, -0.25) is 24.6 Å². The molecule has 0 saturated carbocycles. The van der Waals surface area contributed by atoms with Gasteiger partial charge in [0.15, 0.2) is 5.69 Å². The third-order valence-corrected chi connectivity index (χ3v) is 3.35. The van der Waals surface area contributed by atoms with Gasteiger partial charge in [-0.15, -0.1) is 5.10 Å². The van der Waals surface area contributed by atoms with Crippen molar-refractivity contribution in [3.05, 3.63) is 11.9 Å². The summed E-state index contributed by atoms with van der Waals surface area (Å²) < 4.78 is 1.57. The standard InChI is InChI=1S/C11H19N7O2/c1-2-9-11(20)13-3-4-17(9)5-6-18-7-8(15-16-18)10(19)14-12/h7,9H,2-6,12H2,1H3,(H,13,20)(H,14,19). The highest BCUT2D eigenvalue weighted by Gasteiger charge is 2.27. The summed E-state index contributed by atoms with van der Waals surface area (Å²) in [5, 5.41) is 10.4. The van der Waals surface area contributed by atoms with Gasteiger partial charge in [0, 0.05) is 19.6 Å². The van der Waals surface area contributed by atoms with E-state index in [4.69, 9.17) is 5.84 Å². The second-order valence-electron chi connectivity index (χ2n) is 4.59. The Hall–Kier alpha value is -2.00. The molecule has 2 rings (SSSR count). The van der Waals surface area contributed by atoms with Crippen molar-refractivity contribution in [1.29, 1.82) is 0 Å². The summed E-state index contributed by atoms with van der Waals surface area (Å²) in [5.41, 5.74) is 2.18. The molecule has 0 aliphatic carbocycles. The predicted molar refractivity (Wildman–Crippen MR) is 70.3 cm³/mol. The average molecular weight is 281 g/mol. The van der Waals surface area contributed by atoms with E-state index in [-0.39, 0.29) is 17.6 Å². The molecule has 2 heterocycles. The number of nitrogens with one attached hydrogen (secondary N) is 2. The molecular weight excluding hydrogens is 262 g/mol. The lowest BCUT2D eigenvalue weighted by atomic mass is 10.1. The predicted octanol–water partition coefficient (Wildman–Crippen LogP) is -1.91. The molecule has 0 bridgehead atoms. The number of rotatable bonds is 5. The van der Waals surface area contributed by atoms with Gasteiger partial charge < -0.3 is 5.32 Å². The van der Waals surface area contributed by atoms with Crippen LogP contribution < -0.4 is 16.6 Å². The van der Waals surface area contributed by atoms with Crippen LogP contribution in [0.25, 0.3) is 0 Å². The highest BCUT2D eigenvalue weighted by Crippen LogP contribution is 2.08. The van der Waals surface area contributed by atoms with Gasteiger partial charge in [-0.1, -0.05) is 12.1 Å². The maximum atomic E-state index is 11.7. The molecule has 1 aliphatic rings. The molecule has 2 amide bonds. The molecule has 9 heteroatoms. The first-order valence-electron chi connectivity index (χ1n) is 6.58. The summed E-state index contributed by atoms with van der Waals surface area (Å²) >= 11 is 0. The van der Waals surface area contributed by atoms with Crippen molar-refractivity contribution in [2.24, 2.45) is 5.84 Å². The number of piperazine rings is 1. The van der Waals surface area contributed by atoms with Gasteiger partial charge in [0.25, 0.3) is 5.91 Å². The van der Waals surface area contributed by atoms with E-state index in [2.05, 4.69) is 20.5 Å². The van der Waals surface area contributed by atoms with E-state index in [0.717, 1.165) is 13.0 Å². The fourth-order valence-electron chi connectivity index (χ4n) is 2.29. The van der Waals surface area contributed by atoms with Gasteiger partial charge in [0.05, 0.1) is 18.8 Å². The first kappa shape index (κ1) is 14.4. The summed E-state index contributed by atoms with van der Waals surface area (Å²) in [6.45, 7) is 4.71. The first-order valence-corrected chi connectivity index (χ1v) is 6.58. The van der Waals surface area contributed by atoms with Crippen molar-refractivity contribution in [3.8, 4) is 0 Å². The van der Waals surface area contributed by atoms with Crippen molar-refractivity contribution >= 4 is 11.8 Å². The van der Waals surface area contributed by atoms with Gasteiger partial charge in [0.2, 0.25) is 5.91 Å². The molecule has 0 spiro atoms. The molecule has 20 heavy (non-hydrogen) atoms. The van der Waals surface area contributed by atoms with Crippen LogP contribution in [-0.2, 0) is 11.3 Å². The third-order valence-electron chi connectivity index (χ3n) is 3.35. The average Bonchev–Trinajstić information content (AvgIpc) is 2.93. The normalized spacial score (nSPS) is 19.7. The zero-order chi connectivity index (χ0) is 14.5. The largest absolute Gasteiger partial charge is 0.353 e. The molecule has 1 unspecified atom stereocenters. The van der Waals surface area contributed by atoms with Crippen molar-refractivity contribution in [2.75, 3.05) is 19.6 Å². The molecule has 0 aromatic carbocycles. The number of nitrogens with zero attached hydrogens (tertiary/aromatic N) is 4. The van der Waals surface area contributed by atoms with E-state index < -0.39 is 5.91 Å². The van der Waals surface area contributed by atoms with Gasteiger partial charge in [-0.2, -0.15) is 0 Å². The van der Waals surface area contributed by atoms with Crippen molar-refractivity contribution < 1.29 is 9.59 Å². The molecule has 9 nitrogen and oxygen atoms in total. The number of carbonyl (C=O) groups is 2. The van der Waals surface area contributed by atoms with Crippen LogP contribution in [0.1, 0.15) is 23.8 Å². The molecule has 4 N–H and O–H groups in total. The van der Waals surface area contributed by atoms with Crippen LogP contribution >= 0.6 is 0 Å². The lowest BCUT2D eigenvalue weighted by Crippen LogP contribution is -2.55. The Morgan fingerprint density at radius 1 is 1.60 bits per heavy atom. The van der Waals surface area contributed by atoms with Crippen LogP contribution in [0.4, 0.5) is 0 Å². The highest BCUT2D eigenvalue weighted by atomic mass is 16.2. The minimum atomic E-state index is -0.472. The lowest BCUT2D eigenvalue weighted by molar-refractivity contribution is -0.129. The zero-order valence-corrected chi connectivity index (χ0v) is 11.4. The lowest BCUT2D eigenvalue weighted by Gasteiger charge is -2.34. The number of hydrazine groups is 1. The molecule has 1 aliphatic heterocycles. The fraction of sp³-hybridized carbons (Fsp3) is 0.636. The van der Waals surface area contributed by atoms with Crippen LogP contribution in [0.3, 0.4) is 0 Å². The number of nitrogens with two attached hydrogens (primary N) is 1. The van der Waals surface area contributed by atoms with Crippen LogP contribution in [0.2, 0.25) is 0 Å². The van der Waals surface area contributed by atoms with Crippen LogP contribution in [-0.4, -0.2) is 57.4 Å². The maximum Gasteiger partial charge on any atom is 0.287 e. The van der Waals surface area contributed by atoms with E-state index in [0.29, 0.717) is 19.6 Å². The number of amides is 2. The minimum absolute atomic E-state index is 0.0699. The molecule has 1 saturated heterocycles. The Labute approximate surface area is 116 Å².